The van der Waals surface area contributed by atoms with E-state index in [4.69, 9.17) is 4.42 Å². The van der Waals surface area contributed by atoms with Crippen molar-refractivity contribution in [2.75, 3.05) is 6.54 Å². The minimum atomic E-state index is -0.318. The molecule has 0 aliphatic heterocycles. The van der Waals surface area contributed by atoms with Gasteiger partial charge in [0, 0.05) is 12.0 Å². The van der Waals surface area contributed by atoms with Crippen molar-refractivity contribution in [2.24, 2.45) is 0 Å². The monoisotopic (exact) mass is 213 g/mol. The van der Waals surface area contributed by atoms with Crippen molar-refractivity contribution >= 4 is 17.9 Å². The standard InChI is InChI=1S/C10H15NO2S/c1-7-4-5-8(13-7)10(2,3)6-11-9(12)14/h4-5H,6H2,1-3H3,(H2,11,12,14). The average molecular weight is 213 g/mol. The zero-order valence-electron chi connectivity index (χ0n) is 8.63. The number of amides is 1. The number of furan rings is 1. The van der Waals surface area contributed by atoms with Gasteiger partial charge in [-0.05, 0) is 19.1 Å². The van der Waals surface area contributed by atoms with Crippen LogP contribution >= 0.6 is 12.6 Å². The fraction of sp³-hybridized carbons (Fsp3) is 0.500. The molecule has 0 atom stereocenters. The zero-order valence-corrected chi connectivity index (χ0v) is 9.52. The first kappa shape index (κ1) is 11.2. The quantitative estimate of drug-likeness (QED) is 0.757. The van der Waals surface area contributed by atoms with Gasteiger partial charge >= 0.3 is 0 Å². The van der Waals surface area contributed by atoms with E-state index >= 15 is 0 Å². The Morgan fingerprint density at radius 1 is 1.57 bits per heavy atom. The number of thiol groups is 1. The van der Waals surface area contributed by atoms with E-state index in [9.17, 15) is 4.79 Å². The van der Waals surface area contributed by atoms with Gasteiger partial charge in [0.25, 0.3) is 5.24 Å². The van der Waals surface area contributed by atoms with Gasteiger partial charge in [-0.25, -0.2) is 0 Å². The molecule has 1 heterocycles. The van der Waals surface area contributed by atoms with Gasteiger partial charge < -0.3 is 9.73 Å². The maximum atomic E-state index is 10.6. The van der Waals surface area contributed by atoms with E-state index in [1.54, 1.807) is 0 Å². The van der Waals surface area contributed by atoms with E-state index in [-0.39, 0.29) is 10.7 Å². The van der Waals surface area contributed by atoms with Gasteiger partial charge in [-0.15, -0.1) is 0 Å². The largest absolute Gasteiger partial charge is 0.466 e. The lowest BCUT2D eigenvalue weighted by atomic mass is 9.90. The number of hydrogen-bond donors (Lipinski definition) is 2. The zero-order chi connectivity index (χ0) is 10.8. The molecule has 0 spiro atoms. The van der Waals surface area contributed by atoms with Crippen molar-refractivity contribution in [1.82, 2.24) is 5.32 Å². The molecule has 0 bridgehead atoms. The maximum Gasteiger partial charge on any atom is 0.276 e. The Morgan fingerprint density at radius 2 is 2.21 bits per heavy atom. The van der Waals surface area contributed by atoms with Gasteiger partial charge in [0.2, 0.25) is 0 Å². The van der Waals surface area contributed by atoms with Gasteiger partial charge in [0.15, 0.2) is 0 Å². The van der Waals surface area contributed by atoms with Crippen LogP contribution in [-0.4, -0.2) is 11.8 Å². The van der Waals surface area contributed by atoms with Gasteiger partial charge in [-0.2, -0.15) is 0 Å². The smallest absolute Gasteiger partial charge is 0.276 e. The highest BCUT2D eigenvalue weighted by molar-refractivity contribution is 7.96. The number of rotatable bonds is 3. The van der Waals surface area contributed by atoms with E-state index in [2.05, 4.69) is 17.9 Å². The molecule has 1 rings (SSSR count). The Balaban J connectivity index is 2.69. The Kier molecular flexibility index (Phi) is 3.26. The van der Waals surface area contributed by atoms with Crippen LogP contribution in [0.1, 0.15) is 25.4 Å². The minimum absolute atomic E-state index is 0.202. The molecule has 3 nitrogen and oxygen atoms in total. The van der Waals surface area contributed by atoms with Crippen LogP contribution < -0.4 is 5.32 Å². The normalized spacial score (nSPS) is 11.4. The van der Waals surface area contributed by atoms with Crippen molar-refractivity contribution in [1.29, 1.82) is 0 Å². The first-order chi connectivity index (χ1) is 6.42. The summed E-state index contributed by atoms with van der Waals surface area (Å²) < 4.78 is 5.50. The molecule has 0 unspecified atom stereocenters. The molecule has 0 radical (unpaired) electrons. The molecule has 0 fully saturated rings. The third kappa shape index (κ3) is 2.80. The molecule has 1 aromatic heterocycles. The van der Waals surface area contributed by atoms with Crippen LogP contribution in [0, 0.1) is 6.92 Å². The predicted octanol–water partition coefficient (Wildman–Crippen LogP) is 2.51. The van der Waals surface area contributed by atoms with E-state index in [0.717, 1.165) is 11.5 Å². The summed E-state index contributed by atoms with van der Waals surface area (Å²) in [7, 11) is 0. The summed E-state index contributed by atoms with van der Waals surface area (Å²) in [6.07, 6.45) is 0. The van der Waals surface area contributed by atoms with E-state index in [1.807, 2.05) is 32.9 Å². The molecule has 14 heavy (non-hydrogen) atoms. The molecule has 1 aromatic rings. The third-order valence-electron chi connectivity index (χ3n) is 2.09. The van der Waals surface area contributed by atoms with Crippen LogP contribution in [0.25, 0.3) is 0 Å². The van der Waals surface area contributed by atoms with E-state index < -0.39 is 0 Å². The summed E-state index contributed by atoms with van der Waals surface area (Å²) in [5.74, 6) is 1.75. The molecular formula is C10H15NO2S. The lowest BCUT2D eigenvalue weighted by molar-refractivity contribution is 0.257. The van der Waals surface area contributed by atoms with Crippen molar-refractivity contribution < 1.29 is 9.21 Å². The Morgan fingerprint density at radius 3 is 2.64 bits per heavy atom. The van der Waals surface area contributed by atoms with Gasteiger partial charge in [-0.3, -0.25) is 4.79 Å². The number of aryl methyl sites for hydroxylation is 1. The van der Waals surface area contributed by atoms with Gasteiger partial charge in [0.1, 0.15) is 11.5 Å². The van der Waals surface area contributed by atoms with Crippen molar-refractivity contribution in [3.8, 4) is 0 Å². The van der Waals surface area contributed by atoms with Crippen LogP contribution in [0.5, 0.6) is 0 Å². The highest BCUT2D eigenvalue weighted by Gasteiger charge is 2.24. The van der Waals surface area contributed by atoms with Crippen LogP contribution in [0.2, 0.25) is 0 Å². The summed E-state index contributed by atoms with van der Waals surface area (Å²) in [4.78, 5) is 10.6. The number of carbonyl (C=O) groups is 1. The van der Waals surface area contributed by atoms with Crippen LogP contribution in [0.3, 0.4) is 0 Å². The summed E-state index contributed by atoms with van der Waals surface area (Å²) >= 11 is 3.65. The fourth-order valence-electron chi connectivity index (χ4n) is 1.18. The van der Waals surface area contributed by atoms with Crippen LogP contribution in [0.15, 0.2) is 16.5 Å². The first-order valence-corrected chi connectivity index (χ1v) is 4.90. The summed E-state index contributed by atoms with van der Waals surface area (Å²) in [5.41, 5.74) is -0.202. The molecule has 0 aliphatic carbocycles. The molecule has 0 aliphatic rings. The summed E-state index contributed by atoms with van der Waals surface area (Å²) in [6, 6.07) is 3.85. The van der Waals surface area contributed by atoms with Gasteiger partial charge in [0.05, 0.1) is 0 Å². The molecule has 1 N–H and O–H groups in total. The average Bonchev–Trinajstić information content (AvgIpc) is 2.49. The van der Waals surface area contributed by atoms with Crippen LogP contribution in [0.4, 0.5) is 4.79 Å². The summed E-state index contributed by atoms with van der Waals surface area (Å²) in [6.45, 7) is 6.43. The Hall–Kier alpha value is -0.900. The molecule has 0 saturated heterocycles. The fourth-order valence-corrected chi connectivity index (χ4v) is 1.26. The minimum Gasteiger partial charge on any atom is -0.466 e. The highest BCUT2D eigenvalue weighted by Crippen LogP contribution is 2.24. The lowest BCUT2D eigenvalue weighted by Gasteiger charge is -2.21. The van der Waals surface area contributed by atoms with E-state index in [0.29, 0.717) is 6.54 Å². The number of hydrogen-bond acceptors (Lipinski definition) is 2. The molecule has 0 saturated carbocycles. The van der Waals surface area contributed by atoms with Crippen LogP contribution in [-0.2, 0) is 5.41 Å². The molecule has 4 heteroatoms. The Labute approximate surface area is 89.3 Å². The third-order valence-corrected chi connectivity index (χ3v) is 2.25. The number of nitrogens with one attached hydrogen (secondary N) is 1. The van der Waals surface area contributed by atoms with Crippen molar-refractivity contribution in [3.05, 3.63) is 23.7 Å². The highest BCUT2D eigenvalue weighted by atomic mass is 32.1. The van der Waals surface area contributed by atoms with Crippen molar-refractivity contribution in [2.45, 2.75) is 26.2 Å². The number of carbonyl (C=O) groups excluding carboxylic acids is 1. The van der Waals surface area contributed by atoms with Crippen molar-refractivity contribution in [3.63, 3.8) is 0 Å². The van der Waals surface area contributed by atoms with E-state index in [1.165, 1.54) is 0 Å². The molecule has 78 valence electrons. The van der Waals surface area contributed by atoms with Gasteiger partial charge in [-0.1, -0.05) is 26.5 Å². The lowest BCUT2D eigenvalue weighted by Crippen LogP contribution is -2.33. The maximum absolute atomic E-state index is 10.6. The second-order valence-corrected chi connectivity index (χ2v) is 4.36. The SMILES string of the molecule is Cc1ccc(C(C)(C)CNC(=O)S)o1. The molecule has 0 aromatic carbocycles. The summed E-state index contributed by atoms with van der Waals surface area (Å²) in [5, 5.41) is 2.34. The Bertz CT molecular complexity index is 331. The second-order valence-electron chi connectivity index (χ2n) is 3.95. The predicted molar refractivity (Wildman–Crippen MR) is 58.9 cm³/mol. The molecule has 1 amide bonds. The second kappa shape index (κ2) is 4.09. The topological polar surface area (TPSA) is 42.2 Å². The first-order valence-electron chi connectivity index (χ1n) is 4.45. The molecular weight excluding hydrogens is 198 g/mol.